The molecule has 0 nitrogen and oxygen atoms in total. The van der Waals surface area contributed by atoms with Crippen molar-refractivity contribution in [2.24, 2.45) is 0 Å². The first-order chi connectivity index (χ1) is 13.8. The van der Waals surface area contributed by atoms with Gasteiger partial charge in [0.25, 0.3) is 0 Å². The number of hydrogen-bond donors (Lipinski definition) is 0. The van der Waals surface area contributed by atoms with Crippen molar-refractivity contribution in [3.05, 3.63) is 94.1 Å². The molecular weight excluding hydrogens is 336 g/mol. The maximum absolute atomic E-state index is 2.53. The molecule has 0 aliphatic heterocycles. The summed E-state index contributed by atoms with van der Waals surface area (Å²) in [6.45, 7) is 4.68. The van der Waals surface area contributed by atoms with Gasteiger partial charge in [-0.3, -0.25) is 0 Å². The van der Waals surface area contributed by atoms with Gasteiger partial charge < -0.3 is 0 Å². The van der Waals surface area contributed by atoms with Gasteiger partial charge in [-0.15, -0.1) is 0 Å². The summed E-state index contributed by atoms with van der Waals surface area (Å²) in [7, 11) is 0. The highest BCUT2D eigenvalue weighted by atomic mass is 14.3. The second-order valence-corrected chi connectivity index (χ2v) is 8.02. The Morgan fingerprint density at radius 3 is 2.00 bits per heavy atom. The van der Waals surface area contributed by atoms with Crippen LogP contribution in [0.2, 0.25) is 0 Å². The number of benzene rings is 2. The van der Waals surface area contributed by atoms with Crippen molar-refractivity contribution >= 4 is 11.1 Å². The van der Waals surface area contributed by atoms with Crippen LogP contribution in [0.3, 0.4) is 0 Å². The average Bonchev–Trinajstić information content (AvgIpc) is 2.86. The zero-order valence-corrected chi connectivity index (χ0v) is 17.4. The average molecular weight is 369 g/mol. The lowest BCUT2D eigenvalue weighted by Crippen LogP contribution is -2.04. The topological polar surface area (TPSA) is 0 Å². The minimum atomic E-state index is 1.10. The molecule has 0 spiro atoms. The Bertz CT molecular complexity index is 922. The summed E-state index contributed by atoms with van der Waals surface area (Å²) in [6, 6.07) is 20.0. The normalized spacial score (nSPS) is 18.1. The molecule has 0 amide bonds. The highest BCUT2D eigenvalue weighted by Crippen LogP contribution is 2.46. The van der Waals surface area contributed by atoms with E-state index < -0.39 is 0 Å². The van der Waals surface area contributed by atoms with E-state index in [4.69, 9.17) is 0 Å². The number of rotatable bonds is 5. The minimum absolute atomic E-state index is 1.10. The first kappa shape index (κ1) is 19.0. The van der Waals surface area contributed by atoms with E-state index in [1.807, 2.05) is 0 Å². The van der Waals surface area contributed by atoms with Crippen molar-refractivity contribution in [2.75, 3.05) is 0 Å². The molecule has 2 aromatic carbocycles. The van der Waals surface area contributed by atoms with Crippen LogP contribution in [0.1, 0.15) is 75.5 Å². The first-order valence-corrected chi connectivity index (χ1v) is 11.1. The molecule has 144 valence electrons. The lowest BCUT2D eigenvalue weighted by atomic mass is 9.81. The van der Waals surface area contributed by atoms with E-state index in [1.165, 1.54) is 47.9 Å². The predicted octanol–water partition coefficient (Wildman–Crippen LogP) is 8.16. The SMILES string of the molecule is CCC1=C2CCCCC2=C(CC)c2ccccc2/C1=C\CCc1ccccc1. The summed E-state index contributed by atoms with van der Waals surface area (Å²) < 4.78 is 0. The zero-order chi connectivity index (χ0) is 19.3. The minimum Gasteiger partial charge on any atom is -0.0760 e. The van der Waals surface area contributed by atoms with E-state index >= 15 is 0 Å². The summed E-state index contributed by atoms with van der Waals surface area (Å²) in [5.74, 6) is 0. The zero-order valence-electron chi connectivity index (χ0n) is 17.4. The molecule has 0 heterocycles. The largest absolute Gasteiger partial charge is 0.0760 e. The second kappa shape index (κ2) is 8.78. The Kier molecular flexibility index (Phi) is 5.95. The summed E-state index contributed by atoms with van der Waals surface area (Å²) in [4.78, 5) is 0. The number of fused-ring (bicyclic) bond motifs is 2. The third-order valence-electron chi connectivity index (χ3n) is 6.40. The van der Waals surface area contributed by atoms with Crippen LogP contribution in [-0.4, -0.2) is 0 Å². The van der Waals surface area contributed by atoms with E-state index in [0.29, 0.717) is 0 Å². The summed E-state index contributed by atoms with van der Waals surface area (Å²) in [5.41, 5.74) is 12.4. The van der Waals surface area contributed by atoms with Crippen LogP contribution in [0.25, 0.3) is 11.1 Å². The van der Waals surface area contributed by atoms with E-state index in [0.717, 1.165) is 25.7 Å². The monoisotopic (exact) mass is 368 g/mol. The van der Waals surface area contributed by atoms with Crippen molar-refractivity contribution in [1.82, 2.24) is 0 Å². The van der Waals surface area contributed by atoms with Crippen LogP contribution in [0.4, 0.5) is 0 Å². The molecule has 0 radical (unpaired) electrons. The van der Waals surface area contributed by atoms with Crippen LogP contribution in [0.5, 0.6) is 0 Å². The molecule has 2 aliphatic carbocycles. The van der Waals surface area contributed by atoms with E-state index in [1.54, 1.807) is 22.3 Å². The molecule has 4 rings (SSSR count). The van der Waals surface area contributed by atoms with Gasteiger partial charge >= 0.3 is 0 Å². The molecule has 1 saturated carbocycles. The highest BCUT2D eigenvalue weighted by Gasteiger charge is 2.26. The Balaban J connectivity index is 1.81. The highest BCUT2D eigenvalue weighted by molar-refractivity contribution is 5.92. The lowest BCUT2D eigenvalue weighted by molar-refractivity contribution is 0.674. The molecule has 2 aliphatic rings. The van der Waals surface area contributed by atoms with Gasteiger partial charge in [0.1, 0.15) is 0 Å². The quantitative estimate of drug-likeness (QED) is 0.499. The summed E-state index contributed by atoms with van der Waals surface area (Å²) in [5, 5.41) is 0. The van der Waals surface area contributed by atoms with Crippen LogP contribution < -0.4 is 0 Å². The summed E-state index contributed by atoms with van der Waals surface area (Å²) >= 11 is 0. The van der Waals surface area contributed by atoms with E-state index in [2.05, 4.69) is 74.5 Å². The fraction of sp³-hybridized carbons (Fsp3) is 0.357. The Labute approximate surface area is 170 Å². The standard InChI is InChI=1S/C28H32/c1-3-22-24-16-8-9-17-25(24)23(4-2)27(28-19-11-10-18-26(22)28)20-12-15-21-13-6-5-7-14-21/h5-7,10-11,13-14,18-20H,3-4,8-9,12,15-17H2,1-2H3/b27-20-. The maximum Gasteiger partial charge on any atom is -0.0109 e. The van der Waals surface area contributed by atoms with Gasteiger partial charge in [-0.05, 0) is 95.9 Å². The van der Waals surface area contributed by atoms with Crippen LogP contribution in [-0.2, 0) is 6.42 Å². The van der Waals surface area contributed by atoms with Crippen molar-refractivity contribution in [3.8, 4) is 0 Å². The lowest BCUT2D eigenvalue weighted by Gasteiger charge is -2.23. The molecule has 0 unspecified atom stereocenters. The Morgan fingerprint density at radius 2 is 1.32 bits per heavy atom. The molecule has 0 saturated heterocycles. The van der Waals surface area contributed by atoms with Gasteiger partial charge in [0, 0.05) is 0 Å². The van der Waals surface area contributed by atoms with Crippen molar-refractivity contribution in [3.63, 3.8) is 0 Å². The molecule has 28 heavy (non-hydrogen) atoms. The molecular formula is C28H32. The summed E-state index contributed by atoms with van der Waals surface area (Å²) in [6.07, 6.45) is 12.2. The van der Waals surface area contributed by atoms with Gasteiger partial charge in [0.15, 0.2) is 0 Å². The number of hydrogen-bond acceptors (Lipinski definition) is 0. The molecule has 0 N–H and O–H groups in total. The Morgan fingerprint density at radius 1 is 0.714 bits per heavy atom. The van der Waals surface area contributed by atoms with Gasteiger partial charge in [-0.1, -0.05) is 74.5 Å². The van der Waals surface area contributed by atoms with Gasteiger partial charge in [0.2, 0.25) is 0 Å². The van der Waals surface area contributed by atoms with E-state index in [-0.39, 0.29) is 0 Å². The fourth-order valence-electron chi connectivity index (χ4n) is 5.11. The molecule has 1 fully saturated rings. The van der Waals surface area contributed by atoms with Crippen LogP contribution in [0.15, 0.2) is 77.4 Å². The van der Waals surface area contributed by atoms with Crippen LogP contribution in [0, 0.1) is 0 Å². The molecule has 0 heteroatoms. The van der Waals surface area contributed by atoms with E-state index in [9.17, 15) is 0 Å². The van der Waals surface area contributed by atoms with Crippen molar-refractivity contribution in [2.45, 2.75) is 65.2 Å². The van der Waals surface area contributed by atoms with Gasteiger partial charge in [-0.2, -0.15) is 0 Å². The van der Waals surface area contributed by atoms with Gasteiger partial charge in [-0.25, -0.2) is 0 Å². The number of allylic oxidation sites excluding steroid dienone is 6. The fourth-order valence-corrected chi connectivity index (χ4v) is 5.11. The Hall–Kier alpha value is -2.34. The first-order valence-electron chi connectivity index (χ1n) is 11.1. The smallest absolute Gasteiger partial charge is 0.0109 e. The van der Waals surface area contributed by atoms with Crippen molar-refractivity contribution < 1.29 is 0 Å². The van der Waals surface area contributed by atoms with Gasteiger partial charge in [0.05, 0.1) is 0 Å². The molecule has 2 aromatic rings. The van der Waals surface area contributed by atoms with Crippen molar-refractivity contribution in [1.29, 1.82) is 0 Å². The molecule has 0 atom stereocenters. The molecule has 0 aromatic heterocycles. The predicted molar refractivity (Wildman–Crippen MR) is 122 cm³/mol. The third kappa shape index (κ3) is 3.65. The van der Waals surface area contributed by atoms with Crippen LogP contribution >= 0.6 is 0 Å². The third-order valence-corrected chi connectivity index (χ3v) is 6.40. The molecule has 0 bridgehead atoms. The maximum atomic E-state index is 2.53. The second-order valence-electron chi connectivity index (χ2n) is 8.02. The number of aryl methyl sites for hydroxylation is 1.